The number of carbonyl (C=O) groups excluding carboxylic acids is 2. The molecule has 4 aromatic rings. The molecule has 1 amide bonds. The van der Waals surface area contributed by atoms with E-state index in [0.717, 1.165) is 16.7 Å². The fraction of sp³-hybridized carbons (Fsp3) is 0.229. The van der Waals surface area contributed by atoms with Crippen LogP contribution in [0.25, 0.3) is 0 Å². The molecule has 0 bridgehead atoms. The van der Waals surface area contributed by atoms with Gasteiger partial charge in [-0.25, -0.2) is 9.59 Å². The molecule has 1 aliphatic rings. The number of amides is 1. The summed E-state index contributed by atoms with van der Waals surface area (Å²) >= 11 is 0. The minimum absolute atomic E-state index is 0.364. The summed E-state index contributed by atoms with van der Waals surface area (Å²) < 4.78 is 17.1. The first-order chi connectivity index (χ1) is 20.2. The first-order valence-electron chi connectivity index (χ1n) is 13.8. The predicted molar refractivity (Wildman–Crippen MR) is 163 cm³/mol. The molecular weight excluding hydrogens is 528 g/mol. The molecule has 0 N–H and O–H groups in total. The van der Waals surface area contributed by atoms with Gasteiger partial charge in [0, 0.05) is 16.7 Å². The first kappa shape index (κ1) is 28.6. The SMILES string of the molecule is COC(=O)C1C(N=C(c2ccccc2)c2ccccc2)c2cc(OCc3ccccc3)ccc2N1C(=O)OC(C)(C)C. The van der Waals surface area contributed by atoms with Crippen molar-refractivity contribution in [3.63, 3.8) is 0 Å². The van der Waals surface area contributed by atoms with Gasteiger partial charge in [0.1, 0.15) is 24.0 Å². The highest BCUT2D eigenvalue weighted by molar-refractivity contribution is 6.13. The van der Waals surface area contributed by atoms with Gasteiger partial charge in [-0.1, -0.05) is 91.0 Å². The molecule has 42 heavy (non-hydrogen) atoms. The van der Waals surface area contributed by atoms with Crippen LogP contribution >= 0.6 is 0 Å². The van der Waals surface area contributed by atoms with Crippen LogP contribution in [0.1, 0.15) is 49.1 Å². The summed E-state index contributed by atoms with van der Waals surface area (Å²) in [4.78, 5) is 33.7. The minimum Gasteiger partial charge on any atom is -0.489 e. The summed E-state index contributed by atoms with van der Waals surface area (Å²) in [6.07, 6.45) is -0.657. The molecular formula is C35H34N2O5. The van der Waals surface area contributed by atoms with E-state index in [-0.39, 0.29) is 0 Å². The van der Waals surface area contributed by atoms with E-state index in [9.17, 15) is 9.59 Å². The smallest absolute Gasteiger partial charge is 0.415 e. The summed E-state index contributed by atoms with van der Waals surface area (Å²) in [6.45, 7) is 5.72. The Kier molecular flexibility index (Phi) is 8.38. The monoisotopic (exact) mass is 562 g/mol. The van der Waals surface area contributed by atoms with E-state index in [1.807, 2.05) is 97.1 Å². The van der Waals surface area contributed by atoms with Crippen LogP contribution in [0.15, 0.2) is 114 Å². The minimum atomic E-state index is -1.09. The number of hydrogen-bond acceptors (Lipinski definition) is 6. The Balaban J connectivity index is 1.66. The fourth-order valence-corrected chi connectivity index (χ4v) is 4.95. The number of hydrogen-bond donors (Lipinski definition) is 0. The Bertz CT molecular complexity index is 1520. The third-order valence-electron chi connectivity index (χ3n) is 6.80. The second-order valence-electron chi connectivity index (χ2n) is 11.0. The van der Waals surface area contributed by atoms with E-state index in [4.69, 9.17) is 19.2 Å². The number of fused-ring (bicyclic) bond motifs is 1. The Morgan fingerprint density at radius 2 is 1.38 bits per heavy atom. The molecule has 0 radical (unpaired) electrons. The Morgan fingerprint density at radius 3 is 1.93 bits per heavy atom. The molecule has 0 fully saturated rings. The van der Waals surface area contributed by atoms with Gasteiger partial charge in [-0.15, -0.1) is 0 Å². The molecule has 7 heteroatoms. The highest BCUT2D eigenvalue weighted by Gasteiger charge is 2.48. The van der Waals surface area contributed by atoms with Gasteiger partial charge in [-0.3, -0.25) is 9.89 Å². The van der Waals surface area contributed by atoms with Gasteiger partial charge in [0.05, 0.1) is 18.5 Å². The van der Waals surface area contributed by atoms with Crippen molar-refractivity contribution in [3.05, 3.63) is 131 Å². The zero-order valence-electron chi connectivity index (χ0n) is 24.2. The number of anilines is 1. The van der Waals surface area contributed by atoms with Crippen molar-refractivity contribution in [3.8, 4) is 5.75 Å². The molecule has 0 aliphatic carbocycles. The van der Waals surface area contributed by atoms with Crippen LogP contribution < -0.4 is 9.64 Å². The summed E-state index contributed by atoms with van der Waals surface area (Å²) in [5, 5.41) is 0. The van der Waals surface area contributed by atoms with Crippen LogP contribution in [0.3, 0.4) is 0 Å². The Labute approximate surface area is 246 Å². The highest BCUT2D eigenvalue weighted by Crippen LogP contribution is 2.45. The Hall–Kier alpha value is -4.91. The first-order valence-corrected chi connectivity index (χ1v) is 13.8. The van der Waals surface area contributed by atoms with Gasteiger partial charge >= 0.3 is 12.1 Å². The van der Waals surface area contributed by atoms with Gasteiger partial charge < -0.3 is 14.2 Å². The summed E-state index contributed by atoms with van der Waals surface area (Å²) in [5.41, 5.74) is 3.85. The van der Waals surface area contributed by atoms with Gasteiger partial charge in [0.25, 0.3) is 0 Å². The molecule has 2 atom stereocenters. The van der Waals surface area contributed by atoms with Gasteiger partial charge in [0.15, 0.2) is 6.04 Å². The molecule has 1 aliphatic heterocycles. The van der Waals surface area contributed by atoms with Crippen LogP contribution in [0, 0.1) is 0 Å². The van der Waals surface area contributed by atoms with Crippen molar-refractivity contribution in [2.75, 3.05) is 12.0 Å². The van der Waals surface area contributed by atoms with Crippen molar-refractivity contribution >= 4 is 23.5 Å². The van der Waals surface area contributed by atoms with Crippen LogP contribution in [0.5, 0.6) is 5.75 Å². The summed E-state index contributed by atoms with van der Waals surface area (Å²) in [7, 11) is 1.31. The number of ether oxygens (including phenoxy) is 3. The molecule has 0 saturated heterocycles. The molecule has 5 rings (SSSR count). The van der Waals surface area contributed by atoms with Crippen molar-refractivity contribution in [2.45, 2.75) is 45.1 Å². The zero-order valence-corrected chi connectivity index (χ0v) is 24.2. The van der Waals surface area contributed by atoms with E-state index in [2.05, 4.69) is 0 Å². The lowest BCUT2D eigenvalue weighted by Gasteiger charge is -2.29. The maximum absolute atomic E-state index is 13.6. The molecule has 2 unspecified atom stereocenters. The van der Waals surface area contributed by atoms with E-state index >= 15 is 0 Å². The molecule has 1 heterocycles. The standard InChI is InChI=1S/C35H34N2O5/c1-35(2,3)42-34(39)37-29-21-20-27(41-23-24-14-8-5-9-15-24)22-28(29)31(32(37)33(38)40-4)36-30(25-16-10-6-11-17-25)26-18-12-7-13-19-26/h5-22,31-32H,23H2,1-4H3. The quantitative estimate of drug-likeness (QED) is 0.177. The molecule has 214 valence electrons. The van der Waals surface area contributed by atoms with Crippen molar-refractivity contribution in [1.29, 1.82) is 0 Å². The molecule has 0 aromatic heterocycles. The number of benzene rings is 4. The van der Waals surface area contributed by atoms with Crippen LogP contribution in [0.2, 0.25) is 0 Å². The zero-order chi connectivity index (χ0) is 29.7. The number of esters is 1. The summed E-state index contributed by atoms with van der Waals surface area (Å²) in [5.74, 6) is -0.00790. The second-order valence-corrected chi connectivity index (χ2v) is 11.0. The summed E-state index contributed by atoms with van der Waals surface area (Å²) in [6, 6.07) is 32.9. The number of rotatable bonds is 7. The topological polar surface area (TPSA) is 77.4 Å². The number of methoxy groups -OCH3 is 1. The number of carbonyl (C=O) groups is 2. The normalized spacial score (nSPS) is 15.9. The molecule has 0 spiro atoms. The van der Waals surface area contributed by atoms with Gasteiger partial charge in [0.2, 0.25) is 0 Å². The molecule has 7 nitrogen and oxygen atoms in total. The average molecular weight is 563 g/mol. The maximum atomic E-state index is 13.6. The number of aliphatic imine (C=N–C) groups is 1. The number of nitrogens with zero attached hydrogens (tertiary/aromatic N) is 2. The van der Waals surface area contributed by atoms with Crippen molar-refractivity contribution in [1.82, 2.24) is 0 Å². The van der Waals surface area contributed by atoms with Gasteiger partial charge in [-0.2, -0.15) is 0 Å². The molecule has 0 saturated carbocycles. The molecule has 4 aromatic carbocycles. The largest absolute Gasteiger partial charge is 0.489 e. The lowest BCUT2D eigenvalue weighted by molar-refractivity contribution is -0.142. The Morgan fingerprint density at radius 1 is 0.810 bits per heavy atom. The average Bonchev–Trinajstić information content (AvgIpc) is 3.32. The second kappa shape index (κ2) is 12.3. The van der Waals surface area contributed by atoms with E-state index < -0.39 is 29.7 Å². The van der Waals surface area contributed by atoms with Crippen molar-refractivity contribution < 1.29 is 23.8 Å². The fourth-order valence-electron chi connectivity index (χ4n) is 4.95. The van der Waals surface area contributed by atoms with Crippen LogP contribution in [-0.4, -0.2) is 36.5 Å². The predicted octanol–water partition coefficient (Wildman–Crippen LogP) is 7.14. The lowest BCUT2D eigenvalue weighted by Crippen LogP contribution is -2.47. The van der Waals surface area contributed by atoms with Crippen LogP contribution in [-0.2, 0) is 20.9 Å². The van der Waals surface area contributed by atoms with E-state index in [0.29, 0.717) is 29.3 Å². The van der Waals surface area contributed by atoms with Gasteiger partial charge in [-0.05, 0) is 44.5 Å². The highest BCUT2D eigenvalue weighted by atomic mass is 16.6. The van der Waals surface area contributed by atoms with Crippen LogP contribution in [0.4, 0.5) is 10.5 Å². The third kappa shape index (κ3) is 6.36. The third-order valence-corrected chi connectivity index (χ3v) is 6.80. The van der Waals surface area contributed by atoms with Crippen molar-refractivity contribution in [2.24, 2.45) is 4.99 Å². The lowest BCUT2D eigenvalue weighted by atomic mass is 9.99. The van der Waals surface area contributed by atoms with E-state index in [1.165, 1.54) is 12.0 Å². The maximum Gasteiger partial charge on any atom is 0.415 e. The van der Waals surface area contributed by atoms with E-state index in [1.54, 1.807) is 32.9 Å².